The molecular formula is C19H17N3O5. The monoisotopic (exact) mass is 367 g/mol. The Morgan fingerprint density at radius 2 is 1.74 bits per heavy atom. The summed E-state index contributed by atoms with van der Waals surface area (Å²) in [6, 6.07) is 12.7. The van der Waals surface area contributed by atoms with Crippen LogP contribution in [0.1, 0.15) is 16.8 Å². The van der Waals surface area contributed by atoms with Gasteiger partial charge < -0.3 is 9.47 Å². The van der Waals surface area contributed by atoms with Gasteiger partial charge in [-0.25, -0.2) is 10.3 Å². The highest BCUT2D eigenvalue weighted by molar-refractivity contribution is 6.22. The third-order valence-corrected chi connectivity index (χ3v) is 4.33. The molecule has 2 aliphatic rings. The number of hydrogen-bond donors (Lipinski definition) is 2. The number of benzene rings is 2. The van der Waals surface area contributed by atoms with Crippen molar-refractivity contribution < 1.29 is 23.9 Å². The minimum absolute atomic E-state index is 0.0532. The molecule has 138 valence electrons. The van der Waals surface area contributed by atoms with Crippen molar-refractivity contribution in [2.24, 2.45) is 0 Å². The van der Waals surface area contributed by atoms with Gasteiger partial charge in [0.15, 0.2) is 11.5 Å². The molecule has 0 bridgehead atoms. The van der Waals surface area contributed by atoms with Crippen molar-refractivity contribution in [2.45, 2.75) is 12.5 Å². The van der Waals surface area contributed by atoms with Crippen molar-refractivity contribution in [3.05, 3.63) is 54.1 Å². The predicted octanol–water partition coefficient (Wildman–Crippen LogP) is 1.02. The Kier molecular flexibility index (Phi) is 4.47. The molecule has 8 heteroatoms. The maximum absolute atomic E-state index is 12.7. The van der Waals surface area contributed by atoms with E-state index < -0.39 is 11.9 Å². The molecule has 8 nitrogen and oxygen atoms in total. The Bertz CT molecular complexity index is 899. The molecule has 0 spiro atoms. The topological polar surface area (TPSA) is 97.0 Å². The lowest BCUT2D eigenvalue weighted by atomic mass is 10.2. The zero-order chi connectivity index (χ0) is 18.8. The lowest BCUT2D eigenvalue weighted by Crippen LogP contribution is -2.48. The molecule has 1 fully saturated rings. The van der Waals surface area contributed by atoms with Crippen molar-refractivity contribution in [3.8, 4) is 11.5 Å². The number of anilines is 1. The SMILES string of the molecule is O=C(NN[C@@H]1CC(=O)N(c2ccc3c(c2)OCCO3)C1=O)c1ccccc1. The van der Waals surface area contributed by atoms with Gasteiger partial charge in [0, 0.05) is 11.6 Å². The summed E-state index contributed by atoms with van der Waals surface area (Å²) in [5.41, 5.74) is 5.99. The molecule has 2 heterocycles. The second kappa shape index (κ2) is 7.08. The van der Waals surface area contributed by atoms with Crippen LogP contribution < -0.4 is 25.2 Å². The molecular weight excluding hydrogens is 350 g/mol. The van der Waals surface area contributed by atoms with Crippen molar-refractivity contribution in [3.63, 3.8) is 0 Å². The number of carbonyl (C=O) groups is 3. The molecule has 0 unspecified atom stereocenters. The number of nitrogens with one attached hydrogen (secondary N) is 2. The van der Waals surface area contributed by atoms with E-state index in [1.54, 1.807) is 48.5 Å². The number of amides is 3. The average molecular weight is 367 g/mol. The van der Waals surface area contributed by atoms with Crippen molar-refractivity contribution in [2.75, 3.05) is 18.1 Å². The van der Waals surface area contributed by atoms with E-state index in [4.69, 9.17) is 9.47 Å². The summed E-state index contributed by atoms with van der Waals surface area (Å²) in [4.78, 5) is 38.2. The Morgan fingerprint density at radius 3 is 2.52 bits per heavy atom. The second-order valence-corrected chi connectivity index (χ2v) is 6.12. The number of imide groups is 1. The summed E-state index contributed by atoms with van der Waals surface area (Å²) in [6.07, 6.45) is -0.0532. The molecule has 2 N–H and O–H groups in total. The van der Waals surface area contributed by atoms with Crippen LogP contribution in [0.4, 0.5) is 5.69 Å². The first-order valence-corrected chi connectivity index (χ1v) is 8.51. The molecule has 0 radical (unpaired) electrons. The first-order chi connectivity index (χ1) is 13.1. The summed E-state index contributed by atoms with van der Waals surface area (Å²) in [5, 5.41) is 0. The van der Waals surface area contributed by atoms with Crippen LogP contribution in [0, 0.1) is 0 Å². The molecule has 0 aromatic heterocycles. The molecule has 0 aliphatic carbocycles. The molecule has 27 heavy (non-hydrogen) atoms. The van der Waals surface area contributed by atoms with Gasteiger partial charge in [-0.1, -0.05) is 18.2 Å². The average Bonchev–Trinajstić information content (AvgIpc) is 2.99. The zero-order valence-corrected chi connectivity index (χ0v) is 14.3. The molecule has 1 saturated heterocycles. The smallest absolute Gasteiger partial charge is 0.265 e. The maximum atomic E-state index is 12.7. The molecule has 2 aromatic carbocycles. The Labute approximate surface area is 155 Å². The molecule has 0 saturated carbocycles. The Balaban J connectivity index is 1.45. The zero-order valence-electron chi connectivity index (χ0n) is 14.3. The van der Waals surface area contributed by atoms with Gasteiger partial charge in [0.2, 0.25) is 5.91 Å². The fraction of sp³-hybridized carbons (Fsp3) is 0.211. The largest absolute Gasteiger partial charge is 0.486 e. The van der Waals surface area contributed by atoms with Gasteiger partial charge in [-0.3, -0.25) is 19.8 Å². The minimum atomic E-state index is -0.835. The van der Waals surface area contributed by atoms with Crippen LogP contribution in [0.25, 0.3) is 0 Å². The van der Waals surface area contributed by atoms with Crippen molar-refractivity contribution >= 4 is 23.4 Å². The fourth-order valence-corrected chi connectivity index (χ4v) is 3.00. The van der Waals surface area contributed by atoms with Crippen LogP contribution in [0.5, 0.6) is 11.5 Å². The number of hydrazine groups is 1. The Morgan fingerprint density at radius 1 is 1.00 bits per heavy atom. The van der Waals surface area contributed by atoms with E-state index in [1.165, 1.54) is 0 Å². The van der Waals surface area contributed by atoms with E-state index >= 15 is 0 Å². The van der Waals surface area contributed by atoms with E-state index in [9.17, 15) is 14.4 Å². The summed E-state index contributed by atoms with van der Waals surface area (Å²) in [5.74, 6) is -0.108. The second-order valence-electron chi connectivity index (χ2n) is 6.12. The van der Waals surface area contributed by atoms with Crippen LogP contribution in [0.15, 0.2) is 48.5 Å². The minimum Gasteiger partial charge on any atom is -0.486 e. The van der Waals surface area contributed by atoms with Gasteiger partial charge >= 0.3 is 0 Å². The molecule has 3 amide bonds. The van der Waals surface area contributed by atoms with E-state index in [0.717, 1.165) is 4.90 Å². The number of carbonyl (C=O) groups excluding carboxylic acids is 3. The van der Waals surface area contributed by atoms with E-state index in [-0.39, 0.29) is 18.2 Å². The fourth-order valence-electron chi connectivity index (χ4n) is 3.00. The highest BCUT2D eigenvalue weighted by atomic mass is 16.6. The number of rotatable bonds is 4. The van der Waals surface area contributed by atoms with Crippen LogP contribution in [-0.4, -0.2) is 37.0 Å². The Hall–Kier alpha value is -3.39. The first kappa shape index (κ1) is 17.0. The third-order valence-electron chi connectivity index (χ3n) is 4.33. The molecule has 2 aromatic rings. The van der Waals surface area contributed by atoms with Crippen molar-refractivity contribution in [1.82, 2.24) is 10.9 Å². The van der Waals surface area contributed by atoms with E-state index in [1.807, 2.05) is 0 Å². The van der Waals surface area contributed by atoms with Crippen molar-refractivity contribution in [1.29, 1.82) is 0 Å². The quantitative estimate of drug-likeness (QED) is 0.619. The van der Waals surface area contributed by atoms with Gasteiger partial charge in [0.1, 0.15) is 19.3 Å². The van der Waals surface area contributed by atoms with Crippen LogP contribution >= 0.6 is 0 Å². The maximum Gasteiger partial charge on any atom is 0.265 e. The van der Waals surface area contributed by atoms with Gasteiger partial charge in [-0.2, -0.15) is 0 Å². The lowest BCUT2D eigenvalue weighted by molar-refractivity contribution is -0.121. The van der Waals surface area contributed by atoms with E-state index in [0.29, 0.717) is 36.0 Å². The standard InChI is InChI=1S/C19H17N3O5/c23-17-11-14(20-21-18(24)12-4-2-1-3-5-12)19(25)22(17)13-6-7-15-16(10-13)27-9-8-26-15/h1-7,10,14,20H,8-9,11H2,(H,21,24)/t14-/m1/s1. The van der Waals surface area contributed by atoms with Gasteiger partial charge in [0.05, 0.1) is 12.1 Å². The number of hydrogen-bond acceptors (Lipinski definition) is 6. The number of ether oxygens (including phenoxy) is 2. The lowest BCUT2D eigenvalue weighted by Gasteiger charge is -2.21. The van der Waals surface area contributed by atoms with Crippen LogP contribution in [0.3, 0.4) is 0 Å². The summed E-state index contributed by atoms with van der Waals surface area (Å²) in [7, 11) is 0. The van der Waals surface area contributed by atoms with Gasteiger partial charge in [-0.15, -0.1) is 0 Å². The highest BCUT2D eigenvalue weighted by Crippen LogP contribution is 2.35. The summed E-state index contributed by atoms with van der Waals surface area (Å²) in [6.45, 7) is 0.870. The molecule has 2 aliphatic heterocycles. The predicted molar refractivity (Wildman–Crippen MR) is 95.4 cm³/mol. The van der Waals surface area contributed by atoms with Gasteiger partial charge in [0.25, 0.3) is 11.8 Å². The van der Waals surface area contributed by atoms with E-state index in [2.05, 4.69) is 10.9 Å². The summed E-state index contributed by atoms with van der Waals surface area (Å²) >= 11 is 0. The highest BCUT2D eigenvalue weighted by Gasteiger charge is 2.40. The van der Waals surface area contributed by atoms with Crippen LogP contribution in [0.2, 0.25) is 0 Å². The van der Waals surface area contributed by atoms with Crippen LogP contribution in [-0.2, 0) is 9.59 Å². The third kappa shape index (κ3) is 3.34. The molecule has 4 rings (SSSR count). The number of nitrogens with zero attached hydrogens (tertiary/aromatic N) is 1. The normalized spacial score (nSPS) is 18.5. The number of fused-ring (bicyclic) bond motifs is 1. The van der Waals surface area contributed by atoms with Gasteiger partial charge in [-0.05, 0) is 24.3 Å². The summed E-state index contributed by atoms with van der Waals surface area (Å²) < 4.78 is 11.0. The molecule has 1 atom stereocenters. The first-order valence-electron chi connectivity index (χ1n) is 8.51.